The first-order valence-electron chi connectivity index (χ1n) is 6.09. The van der Waals surface area contributed by atoms with Crippen molar-refractivity contribution in [2.75, 3.05) is 11.9 Å². The zero-order valence-corrected chi connectivity index (χ0v) is 14.1. The second kappa shape index (κ2) is 8.96. The molecule has 1 aromatic carbocycles. The van der Waals surface area contributed by atoms with Crippen LogP contribution in [-0.2, 0) is 9.59 Å². The summed E-state index contributed by atoms with van der Waals surface area (Å²) in [6.07, 6.45) is 0. The van der Waals surface area contributed by atoms with Crippen molar-refractivity contribution in [3.05, 3.63) is 28.5 Å². The zero-order valence-electron chi connectivity index (χ0n) is 11.7. The molecule has 0 saturated heterocycles. The third kappa shape index (κ3) is 6.41. The molecule has 4 N–H and O–H groups in total. The summed E-state index contributed by atoms with van der Waals surface area (Å²) in [6.45, 7) is 3.45. The van der Waals surface area contributed by atoms with Crippen molar-refractivity contribution in [3.8, 4) is 0 Å². The van der Waals surface area contributed by atoms with Gasteiger partial charge in [-0.05, 0) is 40.0 Å². The summed E-state index contributed by atoms with van der Waals surface area (Å²) in [5, 5.41) is 4.99. The summed E-state index contributed by atoms with van der Waals surface area (Å²) >= 11 is 3.02. The van der Waals surface area contributed by atoms with E-state index in [1.165, 1.54) is 18.2 Å². The molecule has 0 aliphatic rings. The van der Waals surface area contributed by atoms with Gasteiger partial charge in [-0.25, -0.2) is 4.39 Å². The van der Waals surface area contributed by atoms with Gasteiger partial charge in [0.05, 0.1) is 17.1 Å². The van der Waals surface area contributed by atoms with Crippen LogP contribution in [0.15, 0.2) is 22.7 Å². The number of benzene rings is 1. The minimum atomic E-state index is -0.650. The van der Waals surface area contributed by atoms with Gasteiger partial charge in [0, 0.05) is 5.69 Å². The lowest BCUT2D eigenvalue weighted by Crippen LogP contribution is -2.46. The number of nitrogens with one attached hydrogen (secondary N) is 2. The van der Waals surface area contributed by atoms with Gasteiger partial charge in [0.15, 0.2) is 0 Å². The molecule has 0 radical (unpaired) electrons. The van der Waals surface area contributed by atoms with Crippen LogP contribution < -0.4 is 16.4 Å². The molecule has 1 aromatic rings. The van der Waals surface area contributed by atoms with Crippen LogP contribution in [0.4, 0.5) is 10.1 Å². The van der Waals surface area contributed by atoms with Crippen LogP contribution in [0, 0.1) is 11.7 Å². The van der Waals surface area contributed by atoms with Crippen LogP contribution in [0.5, 0.6) is 0 Å². The third-order valence-electron chi connectivity index (χ3n) is 2.65. The van der Waals surface area contributed by atoms with E-state index in [0.717, 1.165) is 0 Å². The van der Waals surface area contributed by atoms with E-state index in [4.69, 9.17) is 5.73 Å². The first kappa shape index (κ1) is 19.8. The Balaban J connectivity index is 0.00000400. The van der Waals surface area contributed by atoms with Gasteiger partial charge in [-0.2, -0.15) is 0 Å². The lowest BCUT2D eigenvalue weighted by Gasteiger charge is -2.15. The van der Waals surface area contributed by atoms with E-state index in [2.05, 4.69) is 26.6 Å². The predicted molar refractivity (Wildman–Crippen MR) is 85.8 cm³/mol. The molecule has 2 amide bonds. The van der Waals surface area contributed by atoms with Crippen LogP contribution in [-0.4, -0.2) is 24.4 Å². The van der Waals surface area contributed by atoms with Crippen molar-refractivity contribution >= 4 is 45.8 Å². The first-order chi connectivity index (χ1) is 9.31. The van der Waals surface area contributed by atoms with Crippen molar-refractivity contribution in [2.24, 2.45) is 11.7 Å². The Hall–Kier alpha value is -1.18. The topological polar surface area (TPSA) is 84.2 Å². The first-order valence-corrected chi connectivity index (χ1v) is 6.88. The smallest absolute Gasteiger partial charge is 0.243 e. The highest BCUT2D eigenvalue weighted by molar-refractivity contribution is 9.10. The highest BCUT2D eigenvalue weighted by Gasteiger charge is 2.17. The fraction of sp³-hybridized carbons (Fsp3) is 0.385. The maximum Gasteiger partial charge on any atom is 0.243 e. The summed E-state index contributed by atoms with van der Waals surface area (Å²) in [5.41, 5.74) is 6.08. The molecule has 0 aliphatic heterocycles. The van der Waals surface area contributed by atoms with Gasteiger partial charge in [-0.1, -0.05) is 13.8 Å². The number of carbonyl (C=O) groups excluding carboxylic acids is 2. The number of hydrogen-bond donors (Lipinski definition) is 3. The lowest BCUT2D eigenvalue weighted by molar-refractivity contribution is -0.125. The number of rotatable bonds is 5. The molecule has 0 bridgehead atoms. The molecule has 0 spiro atoms. The zero-order chi connectivity index (χ0) is 15.3. The maximum atomic E-state index is 13.0. The van der Waals surface area contributed by atoms with Gasteiger partial charge < -0.3 is 16.4 Å². The van der Waals surface area contributed by atoms with Crippen molar-refractivity contribution in [1.82, 2.24) is 5.32 Å². The second-order valence-electron chi connectivity index (χ2n) is 4.66. The molecule has 0 saturated carbocycles. The number of nitrogens with two attached hydrogens (primary N) is 1. The molecular weight excluding hydrogens is 365 g/mol. The highest BCUT2D eigenvalue weighted by atomic mass is 79.9. The number of anilines is 1. The number of amides is 2. The largest absolute Gasteiger partial charge is 0.346 e. The Morgan fingerprint density at radius 3 is 2.52 bits per heavy atom. The van der Waals surface area contributed by atoms with Crippen molar-refractivity contribution in [3.63, 3.8) is 0 Å². The van der Waals surface area contributed by atoms with Crippen LogP contribution in [0.3, 0.4) is 0 Å². The predicted octanol–water partition coefficient (Wildman–Crippen LogP) is 2.05. The van der Waals surface area contributed by atoms with Gasteiger partial charge in [-0.15, -0.1) is 12.4 Å². The van der Waals surface area contributed by atoms with Crippen molar-refractivity contribution < 1.29 is 14.0 Å². The summed E-state index contributed by atoms with van der Waals surface area (Å²) in [4.78, 5) is 23.2. The normalized spacial score (nSPS) is 11.5. The van der Waals surface area contributed by atoms with Crippen LogP contribution in [0.2, 0.25) is 0 Å². The van der Waals surface area contributed by atoms with Gasteiger partial charge in [-0.3, -0.25) is 9.59 Å². The van der Waals surface area contributed by atoms with Gasteiger partial charge in [0.2, 0.25) is 11.8 Å². The molecule has 5 nitrogen and oxygen atoms in total. The minimum Gasteiger partial charge on any atom is -0.346 e. The van der Waals surface area contributed by atoms with E-state index in [9.17, 15) is 14.0 Å². The molecule has 118 valence electrons. The molecule has 1 atom stereocenters. The summed E-state index contributed by atoms with van der Waals surface area (Å²) in [5.74, 6) is -1.21. The Morgan fingerprint density at radius 2 is 2.00 bits per heavy atom. The molecule has 0 aliphatic carbocycles. The van der Waals surface area contributed by atoms with E-state index in [1.54, 1.807) is 0 Å². The van der Waals surface area contributed by atoms with Crippen molar-refractivity contribution in [2.45, 2.75) is 19.9 Å². The molecule has 1 rings (SSSR count). The Morgan fingerprint density at radius 1 is 1.38 bits per heavy atom. The van der Waals surface area contributed by atoms with Gasteiger partial charge in [0.25, 0.3) is 0 Å². The number of hydrogen-bond acceptors (Lipinski definition) is 3. The monoisotopic (exact) mass is 381 g/mol. The lowest BCUT2D eigenvalue weighted by atomic mass is 10.1. The third-order valence-corrected chi connectivity index (χ3v) is 3.26. The van der Waals surface area contributed by atoms with Crippen LogP contribution in [0.1, 0.15) is 13.8 Å². The summed E-state index contributed by atoms with van der Waals surface area (Å²) < 4.78 is 13.3. The maximum absolute atomic E-state index is 13.0. The van der Waals surface area contributed by atoms with E-state index >= 15 is 0 Å². The van der Waals surface area contributed by atoms with E-state index in [-0.39, 0.29) is 35.2 Å². The molecule has 8 heteroatoms. The minimum absolute atomic E-state index is 0. The average molecular weight is 383 g/mol. The Bertz CT molecular complexity index is 514. The molecule has 0 heterocycles. The molecule has 0 fully saturated rings. The summed E-state index contributed by atoms with van der Waals surface area (Å²) in [7, 11) is 0. The fourth-order valence-corrected chi connectivity index (χ4v) is 1.75. The summed E-state index contributed by atoms with van der Waals surface area (Å²) in [6, 6.07) is 3.45. The SMILES string of the molecule is CC(C)[C@H](N)C(=O)NCC(=O)Nc1ccc(F)c(Br)c1.Cl. The molecule has 0 unspecified atom stereocenters. The molecular formula is C13H18BrClFN3O2. The highest BCUT2D eigenvalue weighted by Crippen LogP contribution is 2.19. The molecule has 21 heavy (non-hydrogen) atoms. The quantitative estimate of drug-likeness (QED) is 0.729. The van der Waals surface area contributed by atoms with E-state index in [0.29, 0.717) is 5.69 Å². The average Bonchev–Trinajstić information content (AvgIpc) is 2.39. The van der Waals surface area contributed by atoms with E-state index < -0.39 is 17.8 Å². The van der Waals surface area contributed by atoms with Gasteiger partial charge in [0.1, 0.15) is 5.82 Å². The standard InChI is InChI=1S/C13H17BrFN3O2.ClH/c1-7(2)12(16)13(20)17-6-11(19)18-8-3-4-10(15)9(14)5-8;/h3-5,7,12H,6,16H2,1-2H3,(H,17,20)(H,18,19);1H/t12-;/m0./s1. The Kier molecular flexibility index (Phi) is 8.46. The van der Waals surface area contributed by atoms with Gasteiger partial charge >= 0.3 is 0 Å². The van der Waals surface area contributed by atoms with Crippen molar-refractivity contribution in [1.29, 1.82) is 0 Å². The fourth-order valence-electron chi connectivity index (χ4n) is 1.37. The Labute approximate surface area is 137 Å². The van der Waals surface area contributed by atoms with E-state index in [1.807, 2.05) is 13.8 Å². The second-order valence-corrected chi connectivity index (χ2v) is 5.52. The van der Waals surface area contributed by atoms with Crippen LogP contribution >= 0.6 is 28.3 Å². The van der Waals surface area contributed by atoms with Crippen LogP contribution in [0.25, 0.3) is 0 Å². The number of halogens is 3. The number of carbonyl (C=O) groups is 2. The molecule has 0 aromatic heterocycles.